The van der Waals surface area contributed by atoms with Gasteiger partial charge >= 0.3 is 0 Å². The SMILES string of the molecule is CCC(C(=O)N1CCn2c(nnc2C(=O)N2CCCCC2)C1)c1ccccc1. The predicted molar refractivity (Wildman–Crippen MR) is 105 cm³/mol. The van der Waals surface area contributed by atoms with Gasteiger partial charge < -0.3 is 14.4 Å². The first-order chi connectivity index (χ1) is 13.7. The number of benzene rings is 1. The third kappa shape index (κ3) is 3.53. The van der Waals surface area contributed by atoms with Gasteiger partial charge in [0.05, 0.1) is 12.5 Å². The molecule has 0 N–H and O–H groups in total. The maximum absolute atomic E-state index is 13.1. The van der Waals surface area contributed by atoms with Gasteiger partial charge in [-0.15, -0.1) is 10.2 Å². The monoisotopic (exact) mass is 381 g/mol. The average molecular weight is 381 g/mol. The molecule has 1 fully saturated rings. The van der Waals surface area contributed by atoms with Crippen LogP contribution in [0, 0.1) is 0 Å². The van der Waals surface area contributed by atoms with Crippen molar-refractivity contribution in [3.8, 4) is 0 Å². The van der Waals surface area contributed by atoms with Gasteiger partial charge in [0.1, 0.15) is 0 Å². The fourth-order valence-electron chi connectivity index (χ4n) is 4.20. The number of fused-ring (bicyclic) bond motifs is 1. The Kier molecular flexibility index (Phi) is 5.41. The van der Waals surface area contributed by atoms with E-state index in [0.717, 1.165) is 37.9 Å². The predicted octanol–water partition coefficient (Wildman–Crippen LogP) is 2.44. The number of hydrogen-bond donors (Lipinski definition) is 0. The van der Waals surface area contributed by atoms with Crippen LogP contribution in [0.1, 0.15) is 60.5 Å². The van der Waals surface area contributed by atoms with Gasteiger partial charge in [0.2, 0.25) is 11.7 Å². The van der Waals surface area contributed by atoms with E-state index >= 15 is 0 Å². The highest BCUT2D eigenvalue weighted by molar-refractivity contribution is 5.91. The summed E-state index contributed by atoms with van der Waals surface area (Å²) >= 11 is 0. The van der Waals surface area contributed by atoms with Crippen LogP contribution in [-0.2, 0) is 17.9 Å². The van der Waals surface area contributed by atoms with Crippen molar-refractivity contribution in [2.45, 2.75) is 51.6 Å². The number of nitrogens with zero attached hydrogens (tertiary/aromatic N) is 5. The lowest BCUT2D eigenvalue weighted by Crippen LogP contribution is -2.42. The third-order valence-corrected chi connectivity index (χ3v) is 5.81. The molecule has 0 radical (unpaired) electrons. The molecule has 3 heterocycles. The molecule has 2 aliphatic rings. The molecular weight excluding hydrogens is 354 g/mol. The lowest BCUT2D eigenvalue weighted by Gasteiger charge is -2.31. The van der Waals surface area contributed by atoms with E-state index in [1.54, 1.807) is 0 Å². The molecule has 7 nitrogen and oxygen atoms in total. The summed E-state index contributed by atoms with van der Waals surface area (Å²) in [5.74, 6) is 1.05. The summed E-state index contributed by atoms with van der Waals surface area (Å²) in [7, 11) is 0. The molecule has 1 unspecified atom stereocenters. The molecule has 1 aromatic carbocycles. The average Bonchev–Trinajstić information content (AvgIpc) is 3.18. The number of aromatic nitrogens is 3. The van der Waals surface area contributed by atoms with Crippen LogP contribution in [0.2, 0.25) is 0 Å². The summed E-state index contributed by atoms with van der Waals surface area (Å²) in [5, 5.41) is 8.41. The molecule has 1 atom stereocenters. The molecular formula is C21H27N5O2. The maximum atomic E-state index is 13.1. The van der Waals surface area contributed by atoms with Gasteiger partial charge in [-0.3, -0.25) is 9.59 Å². The van der Waals surface area contributed by atoms with E-state index in [4.69, 9.17) is 0 Å². The molecule has 0 aliphatic carbocycles. The number of piperidine rings is 1. The van der Waals surface area contributed by atoms with E-state index in [9.17, 15) is 9.59 Å². The van der Waals surface area contributed by atoms with Crippen molar-refractivity contribution in [1.82, 2.24) is 24.6 Å². The van der Waals surface area contributed by atoms with Gasteiger partial charge in [-0.05, 0) is 31.2 Å². The summed E-state index contributed by atoms with van der Waals surface area (Å²) in [6.07, 6.45) is 4.03. The molecule has 1 aromatic heterocycles. The first-order valence-electron chi connectivity index (χ1n) is 10.2. The van der Waals surface area contributed by atoms with E-state index in [1.165, 1.54) is 6.42 Å². The highest BCUT2D eigenvalue weighted by Crippen LogP contribution is 2.25. The van der Waals surface area contributed by atoms with Crippen LogP contribution in [0.3, 0.4) is 0 Å². The Hall–Kier alpha value is -2.70. The Morgan fingerprint density at radius 3 is 2.43 bits per heavy atom. The zero-order valence-corrected chi connectivity index (χ0v) is 16.4. The zero-order chi connectivity index (χ0) is 19.5. The Morgan fingerprint density at radius 2 is 1.71 bits per heavy atom. The van der Waals surface area contributed by atoms with Crippen LogP contribution >= 0.6 is 0 Å². The Morgan fingerprint density at radius 1 is 0.964 bits per heavy atom. The molecule has 0 spiro atoms. The maximum Gasteiger partial charge on any atom is 0.291 e. The van der Waals surface area contributed by atoms with Crippen LogP contribution in [-0.4, -0.2) is 56.0 Å². The van der Waals surface area contributed by atoms with Crippen molar-refractivity contribution in [3.05, 3.63) is 47.5 Å². The van der Waals surface area contributed by atoms with Crippen molar-refractivity contribution >= 4 is 11.8 Å². The standard InChI is InChI=1S/C21H27N5O2/c1-2-17(16-9-5-3-6-10-16)20(27)25-13-14-26-18(15-25)22-23-19(26)21(28)24-11-7-4-8-12-24/h3,5-6,9-10,17H,2,4,7-8,11-15H2,1H3. The summed E-state index contributed by atoms with van der Waals surface area (Å²) in [6, 6.07) is 9.92. The molecule has 7 heteroatoms. The lowest BCUT2D eigenvalue weighted by atomic mass is 9.95. The van der Waals surface area contributed by atoms with Crippen LogP contribution in [0.4, 0.5) is 0 Å². The van der Waals surface area contributed by atoms with Crippen molar-refractivity contribution in [1.29, 1.82) is 0 Å². The highest BCUT2D eigenvalue weighted by Gasteiger charge is 2.32. The molecule has 1 saturated heterocycles. The lowest BCUT2D eigenvalue weighted by molar-refractivity contribution is -0.134. The Balaban J connectivity index is 1.49. The second kappa shape index (κ2) is 8.12. The third-order valence-electron chi connectivity index (χ3n) is 5.81. The second-order valence-electron chi connectivity index (χ2n) is 7.58. The van der Waals surface area contributed by atoms with Gasteiger partial charge in [-0.1, -0.05) is 37.3 Å². The van der Waals surface area contributed by atoms with Gasteiger partial charge in [0.25, 0.3) is 5.91 Å². The van der Waals surface area contributed by atoms with Crippen LogP contribution in [0.5, 0.6) is 0 Å². The minimum atomic E-state index is -0.148. The molecule has 148 valence electrons. The molecule has 2 aliphatic heterocycles. The Labute approximate surface area is 165 Å². The van der Waals surface area contributed by atoms with Crippen molar-refractivity contribution in [3.63, 3.8) is 0 Å². The molecule has 28 heavy (non-hydrogen) atoms. The summed E-state index contributed by atoms with van der Waals surface area (Å²) in [4.78, 5) is 29.7. The minimum Gasteiger partial charge on any atom is -0.336 e. The van der Waals surface area contributed by atoms with E-state index in [2.05, 4.69) is 10.2 Å². The number of carbonyl (C=O) groups is 2. The number of amides is 2. The topological polar surface area (TPSA) is 71.3 Å². The van der Waals surface area contributed by atoms with E-state index in [0.29, 0.717) is 31.3 Å². The van der Waals surface area contributed by atoms with Gasteiger partial charge in [0.15, 0.2) is 5.82 Å². The molecule has 0 bridgehead atoms. The highest BCUT2D eigenvalue weighted by atomic mass is 16.2. The van der Waals surface area contributed by atoms with Gasteiger partial charge in [-0.2, -0.15) is 0 Å². The van der Waals surface area contributed by atoms with E-state index in [-0.39, 0.29) is 17.7 Å². The summed E-state index contributed by atoms with van der Waals surface area (Å²) in [5.41, 5.74) is 1.04. The van der Waals surface area contributed by atoms with E-state index < -0.39 is 0 Å². The van der Waals surface area contributed by atoms with Crippen molar-refractivity contribution in [2.75, 3.05) is 19.6 Å². The molecule has 0 saturated carbocycles. The number of hydrogen-bond acceptors (Lipinski definition) is 4. The number of carbonyl (C=O) groups excluding carboxylic acids is 2. The smallest absolute Gasteiger partial charge is 0.291 e. The number of rotatable bonds is 4. The minimum absolute atomic E-state index is 0.0334. The molecule has 4 rings (SSSR count). The second-order valence-corrected chi connectivity index (χ2v) is 7.58. The van der Waals surface area contributed by atoms with E-state index in [1.807, 2.05) is 51.6 Å². The van der Waals surface area contributed by atoms with Crippen molar-refractivity contribution in [2.24, 2.45) is 0 Å². The zero-order valence-electron chi connectivity index (χ0n) is 16.4. The molecule has 2 amide bonds. The fourth-order valence-corrected chi connectivity index (χ4v) is 4.20. The number of likely N-dealkylation sites (tertiary alicyclic amines) is 1. The van der Waals surface area contributed by atoms with Crippen LogP contribution in [0.25, 0.3) is 0 Å². The van der Waals surface area contributed by atoms with Crippen molar-refractivity contribution < 1.29 is 9.59 Å². The molecule has 2 aromatic rings. The first-order valence-corrected chi connectivity index (χ1v) is 10.2. The fraction of sp³-hybridized carbons (Fsp3) is 0.524. The Bertz CT molecular complexity index is 842. The quantitative estimate of drug-likeness (QED) is 0.816. The summed E-state index contributed by atoms with van der Waals surface area (Å²) < 4.78 is 1.89. The van der Waals surface area contributed by atoms with Gasteiger partial charge in [-0.25, -0.2) is 0 Å². The van der Waals surface area contributed by atoms with Crippen LogP contribution in [0.15, 0.2) is 30.3 Å². The summed E-state index contributed by atoms with van der Waals surface area (Å²) in [6.45, 7) is 5.17. The normalized spacial score (nSPS) is 17.9. The first kappa shape index (κ1) is 18.7. The van der Waals surface area contributed by atoms with Crippen LogP contribution < -0.4 is 0 Å². The largest absolute Gasteiger partial charge is 0.336 e. The van der Waals surface area contributed by atoms with Gasteiger partial charge in [0, 0.05) is 26.2 Å².